The summed E-state index contributed by atoms with van der Waals surface area (Å²) in [7, 11) is 0. The van der Waals surface area contributed by atoms with Gasteiger partial charge in [0, 0.05) is 5.56 Å². The van der Waals surface area contributed by atoms with E-state index in [4.69, 9.17) is 0 Å². The highest BCUT2D eigenvalue weighted by molar-refractivity contribution is 6.21. The van der Waals surface area contributed by atoms with Crippen LogP contribution in [0.3, 0.4) is 0 Å². The fourth-order valence-electron chi connectivity index (χ4n) is 2.34. The molecule has 1 N–H and O–H groups in total. The predicted octanol–water partition coefficient (Wildman–Crippen LogP) is 3.22. The minimum absolute atomic E-state index is 0.0216. The molecule has 18 heavy (non-hydrogen) atoms. The first-order valence-electron chi connectivity index (χ1n) is 6.41. The summed E-state index contributed by atoms with van der Waals surface area (Å²) >= 11 is 0. The molecule has 0 aliphatic carbocycles. The molecule has 2 rings (SSSR count). The Morgan fingerprint density at radius 1 is 1.11 bits per heavy atom. The first-order chi connectivity index (χ1) is 8.41. The predicted molar refractivity (Wildman–Crippen MR) is 71.8 cm³/mol. The van der Waals surface area contributed by atoms with Crippen molar-refractivity contribution in [3.8, 4) is 0 Å². The molecule has 0 saturated heterocycles. The van der Waals surface area contributed by atoms with E-state index in [1.807, 2.05) is 32.0 Å². The van der Waals surface area contributed by atoms with Crippen LogP contribution in [0.1, 0.15) is 49.5 Å². The summed E-state index contributed by atoms with van der Waals surface area (Å²) in [5, 5.41) is 2.83. The average Bonchev–Trinajstić information content (AvgIpc) is 2.27. The van der Waals surface area contributed by atoms with E-state index in [9.17, 15) is 9.59 Å². The lowest BCUT2D eigenvalue weighted by Crippen LogP contribution is -2.38. The number of carbonyl (C=O) groups is 2. The molecule has 0 spiro atoms. The Kier molecular flexibility index (Phi) is 3.24. The summed E-state index contributed by atoms with van der Waals surface area (Å²) in [6.45, 7) is 7.99. The van der Waals surface area contributed by atoms with E-state index in [-0.39, 0.29) is 17.6 Å². The first-order valence-corrected chi connectivity index (χ1v) is 6.41. The summed E-state index contributed by atoms with van der Waals surface area (Å²) in [6.07, 6.45) is 0. The number of amides is 1. The van der Waals surface area contributed by atoms with Crippen LogP contribution in [-0.4, -0.2) is 11.7 Å². The molecule has 0 fully saturated rings. The molecular weight excluding hydrogens is 226 g/mol. The summed E-state index contributed by atoms with van der Waals surface area (Å²) in [5.74, 6) is -0.391. The van der Waals surface area contributed by atoms with Crippen LogP contribution in [0.4, 0.5) is 5.69 Å². The van der Waals surface area contributed by atoms with Gasteiger partial charge in [0.05, 0.1) is 5.69 Å². The van der Waals surface area contributed by atoms with Crippen LogP contribution < -0.4 is 5.32 Å². The third-order valence-corrected chi connectivity index (χ3v) is 3.47. The SMILES string of the molecule is CC(C)c1ccc2c(c1)C(=O)C(C(C)C)C(=O)N2. The molecule has 1 unspecified atom stereocenters. The van der Waals surface area contributed by atoms with Gasteiger partial charge in [-0.3, -0.25) is 9.59 Å². The van der Waals surface area contributed by atoms with Crippen molar-refractivity contribution < 1.29 is 9.59 Å². The lowest BCUT2D eigenvalue weighted by Gasteiger charge is -2.26. The van der Waals surface area contributed by atoms with E-state index < -0.39 is 5.92 Å². The lowest BCUT2D eigenvalue weighted by molar-refractivity contribution is -0.119. The second-order valence-corrected chi connectivity index (χ2v) is 5.53. The summed E-state index contributed by atoms with van der Waals surface area (Å²) in [4.78, 5) is 24.3. The number of ketones is 1. The number of nitrogens with one attached hydrogen (secondary N) is 1. The molecule has 0 bridgehead atoms. The maximum atomic E-state index is 12.4. The molecule has 1 atom stereocenters. The molecule has 3 nitrogen and oxygen atoms in total. The van der Waals surface area contributed by atoms with E-state index in [1.54, 1.807) is 0 Å². The number of hydrogen-bond donors (Lipinski definition) is 1. The van der Waals surface area contributed by atoms with Gasteiger partial charge in [-0.25, -0.2) is 0 Å². The van der Waals surface area contributed by atoms with Crippen LogP contribution in [-0.2, 0) is 4.79 Å². The largest absolute Gasteiger partial charge is 0.325 e. The average molecular weight is 245 g/mol. The van der Waals surface area contributed by atoms with E-state index in [2.05, 4.69) is 19.2 Å². The third-order valence-electron chi connectivity index (χ3n) is 3.47. The fraction of sp³-hybridized carbons (Fsp3) is 0.467. The Labute approximate surface area is 108 Å². The molecular formula is C15H19NO2. The van der Waals surface area contributed by atoms with Gasteiger partial charge in [0.1, 0.15) is 5.92 Å². The van der Waals surface area contributed by atoms with Gasteiger partial charge in [0.15, 0.2) is 5.78 Å². The van der Waals surface area contributed by atoms with Gasteiger partial charge >= 0.3 is 0 Å². The van der Waals surface area contributed by atoms with Gasteiger partial charge in [-0.1, -0.05) is 33.8 Å². The molecule has 1 aliphatic rings. The van der Waals surface area contributed by atoms with Crippen LogP contribution in [0.2, 0.25) is 0 Å². The number of benzene rings is 1. The highest BCUT2D eigenvalue weighted by Crippen LogP contribution is 2.31. The van der Waals surface area contributed by atoms with Crippen molar-refractivity contribution in [2.75, 3.05) is 5.32 Å². The standard InChI is InChI=1S/C15H19NO2/c1-8(2)10-5-6-12-11(7-10)14(17)13(9(3)4)15(18)16-12/h5-9,13H,1-4H3,(H,16,18). The molecule has 1 aromatic carbocycles. The third kappa shape index (κ3) is 2.05. The van der Waals surface area contributed by atoms with E-state index in [0.29, 0.717) is 17.2 Å². The van der Waals surface area contributed by atoms with Crippen LogP contribution in [0.15, 0.2) is 18.2 Å². The van der Waals surface area contributed by atoms with Crippen molar-refractivity contribution in [1.82, 2.24) is 0 Å². The van der Waals surface area contributed by atoms with Crippen molar-refractivity contribution in [2.45, 2.75) is 33.6 Å². The first kappa shape index (κ1) is 12.8. The number of fused-ring (bicyclic) bond motifs is 1. The zero-order valence-corrected chi connectivity index (χ0v) is 11.3. The quantitative estimate of drug-likeness (QED) is 0.813. The highest BCUT2D eigenvalue weighted by Gasteiger charge is 2.36. The van der Waals surface area contributed by atoms with Gasteiger partial charge in [-0.15, -0.1) is 0 Å². The summed E-state index contributed by atoms with van der Waals surface area (Å²) in [5.41, 5.74) is 2.42. The highest BCUT2D eigenvalue weighted by atomic mass is 16.2. The minimum atomic E-state index is -0.556. The Balaban J connectivity index is 2.48. The molecule has 1 aliphatic heterocycles. The molecule has 0 radical (unpaired) electrons. The maximum absolute atomic E-state index is 12.4. The van der Waals surface area contributed by atoms with Gasteiger partial charge in [0.2, 0.25) is 5.91 Å². The zero-order chi connectivity index (χ0) is 13.4. The Hall–Kier alpha value is -1.64. The lowest BCUT2D eigenvalue weighted by atomic mass is 9.83. The number of rotatable bonds is 2. The smallest absolute Gasteiger partial charge is 0.235 e. The van der Waals surface area contributed by atoms with Crippen molar-refractivity contribution in [1.29, 1.82) is 0 Å². The molecule has 1 heterocycles. The van der Waals surface area contributed by atoms with Crippen LogP contribution >= 0.6 is 0 Å². The van der Waals surface area contributed by atoms with Crippen LogP contribution in [0, 0.1) is 11.8 Å². The Morgan fingerprint density at radius 3 is 2.33 bits per heavy atom. The number of anilines is 1. The second kappa shape index (κ2) is 4.56. The summed E-state index contributed by atoms with van der Waals surface area (Å²) < 4.78 is 0. The van der Waals surface area contributed by atoms with Crippen molar-refractivity contribution >= 4 is 17.4 Å². The van der Waals surface area contributed by atoms with Gasteiger partial charge in [-0.05, 0) is 29.5 Å². The number of hydrogen-bond acceptors (Lipinski definition) is 2. The van der Waals surface area contributed by atoms with E-state index in [0.717, 1.165) is 5.56 Å². The maximum Gasteiger partial charge on any atom is 0.235 e. The van der Waals surface area contributed by atoms with Crippen LogP contribution in [0.25, 0.3) is 0 Å². The van der Waals surface area contributed by atoms with E-state index >= 15 is 0 Å². The molecule has 0 saturated carbocycles. The molecule has 3 heteroatoms. The van der Waals surface area contributed by atoms with Crippen molar-refractivity contribution in [2.24, 2.45) is 11.8 Å². The topological polar surface area (TPSA) is 46.2 Å². The van der Waals surface area contributed by atoms with Crippen molar-refractivity contribution in [3.05, 3.63) is 29.3 Å². The van der Waals surface area contributed by atoms with Crippen molar-refractivity contribution in [3.63, 3.8) is 0 Å². The normalized spacial score (nSPS) is 19.1. The molecule has 96 valence electrons. The van der Waals surface area contributed by atoms with Gasteiger partial charge in [-0.2, -0.15) is 0 Å². The Morgan fingerprint density at radius 2 is 1.78 bits per heavy atom. The van der Waals surface area contributed by atoms with E-state index in [1.165, 1.54) is 0 Å². The Bertz CT molecular complexity index is 503. The number of carbonyl (C=O) groups excluding carboxylic acids is 2. The molecule has 1 aromatic rings. The van der Waals surface area contributed by atoms with Crippen LogP contribution in [0.5, 0.6) is 0 Å². The molecule has 1 amide bonds. The zero-order valence-electron chi connectivity index (χ0n) is 11.3. The minimum Gasteiger partial charge on any atom is -0.325 e. The van der Waals surface area contributed by atoms with Gasteiger partial charge in [0.25, 0.3) is 0 Å². The molecule has 0 aromatic heterocycles. The fourth-order valence-corrected chi connectivity index (χ4v) is 2.34. The number of Topliss-reactive ketones (excluding diaryl/α,β-unsaturated/α-hetero) is 1. The summed E-state index contributed by atoms with van der Waals surface area (Å²) in [6, 6.07) is 5.71. The second-order valence-electron chi connectivity index (χ2n) is 5.53. The van der Waals surface area contributed by atoms with Gasteiger partial charge < -0.3 is 5.32 Å². The monoisotopic (exact) mass is 245 g/mol.